The Kier molecular flexibility index (Phi) is 7.83. The van der Waals surface area contributed by atoms with E-state index in [9.17, 15) is 28.5 Å². The number of nitro groups is 1. The first-order chi connectivity index (χ1) is 17.3. The topological polar surface area (TPSA) is 165 Å². The molecular formula is C23H22N5O7S-. The van der Waals surface area contributed by atoms with Gasteiger partial charge in [-0.25, -0.2) is 14.0 Å². The zero-order valence-electron chi connectivity index (χ0n) is 19.0. The Hall–Kier alpha value is -3.94. The third-order valence-electron chi connectivity index (χ3n) is 5.60. The van der Waals surface area contributed by atoms with Crippen LogP contribution in [0.4, 0.5) is 5.69 Å². The number of nitrogens with one attached hydrogen (secondary N) is 1. The standard InChI is InChI=1S/C23H23N5O7S/c29-22-20-21(25-19(24-20)15-17-5-2-1-3-6-17)26(23(30)27(22)12-4-14-35-36(33)34)13-11-16-7-9-18(10-8-16)28(31)32/h1-3,5-10H,4,11-15H2,(H,24,25)(H,33,34)/p-1. The highest BCUT2D eigenvalue weighted by Crippen LogP contribution is 2.14. The number of rotatable bonds is 11. The van der Waals surface area contributed by atoms with E-state index in [1.54, 1.807) is 12.1 Å². The lowest BCUT2D eigenvalue weighted by atomic mass is 10.1. The molecule has 4 aromatic rings. The molecule has 188 valence electrons. The van der Waals surface area contributed by atoms with E-state index < -0.39 is 27.5 Å². The zero-order chi connectivity index (χ0) is 25.7. The van der Waals surface area contributed by atoms with Crippen LogP contribution in [0.15, 0.2) is 64.2 Å². The van der Waals surface area contributed by atoms with Gasteiger partial charge in [-0.15, -0.1) is 0 Å². The average Bonchev–Trinajstić information content (AvgIpc) is 3.27. The molecule has 1 N–H and O–H groups in total. The maximum Gasteiger partial charge on any atom is 0.332 e. The van der Waals surface area contributed by atoms with E-state index in [0.717, 1.165) is 15.7 Å². The monoisotopic (exact) mass is 512 g/mol. The Balaban J connectivity index is 1.69. The molecule has 0 aliphatic rings. The molecule has 1 atom stereocenters. The first kappa shape index (κ1) is 25.2. The van der Waals surface area contributed by atoms with Crippen LogP contribution in [-0.2, 0) is 41.5 Å². The molecular weight excluding hydrogens is 490 g/mol. The molecule has 0 saturated carbocycles. The second-order valence-electron chi connectivity index (χ2n) is 7.99. The van der Waals surface area contributed by atoms with Gasteiger partial charge in [0.1, 0.15) is 11.3 Å². The minimum atomic E-state index is -2.69. The summed E-state index contributed by atoms with van der Waals surface area (Å²) in [4.78, 5) is 44.4. The smallest absolute Gasteiger partial charge is 0.332 e. The summed E-state index contributed by atoms with van der Waals surface area (Å²) < 4.78 is 28.1. The summed E-state index contributed by atoms with van der Waals surface area (Å²) in [5.74, 6) is 0.514. The van der Waals surface area contributed by atoms with Gasteiger partial charge < -0.3 is 13.7 Å². The number of aromatic nitrogens is 4. The Morgan fingerprint density at radius 3 is 2.39 bits per heavy atom. The van der Waals surface area contributed by atoms with Crippen molar-refractivity contribution in [3.05, 3.63) is 103 Å². The third kappa shape index (κ3) is 5.82. The lowest BCUT2D eigenvalue weighted by molar-refractivity contribution is -0.384. The van der Waals surface area contributed by atoms with Crippen molar-refractivity contribution in [2.24, 2.45) is 0 Å². The van der Waals surface area contributed by atoms with Crippen molar-refractivity contribution in [2.45, 2.75) is 32.4 Å². The van der Waals surface area contributed by atoms with E-state index in [2.05, 4.69) is 14.2 Å². The summed E-state index contributed by atoms with van der Waals surface area (Å²) in [5.41, 5.74) is 0.936. The van der Waals surface area contributed by atoms with Crippen molar-refractivity contribution in [1.82, 2.24) is 19.1 Å². The fraction of sp³-hybridized carbons (Fsp3) is 0.261. The van der Waals surface area contributed by atoms with Gasteiger partial charge in [-0.3, -0.25) is 24.0 Å². The molecule has 13 heteroatoms. The molecule has 0 aliphatic heterocycles. The number of nitro benzene ring substituents is 1. The van der Waals surface area contributed by atoms with Crippen LogP contribution in [0, 0.1) is 10.1 Å². The minimum Gasteiger partial charge on any atom is -0.750 e. The van der Waals surface area contributed by atoms with Gasteiger partial charge in [0.05, 0.1) is 22.9 Å². The van der Waals surface area contributed by atoms with Crippen molar-refractivity contribution < 1.29 is 17.9 Å². The lowest BCUT2D eigenvalue weighted by Gasteiger charge is -2.12. The lowest BCUT2D eigenvalue weighted by Crippen LogP contribution is -2.40. The maximum atomic E-state index is 13.3. The average molecular weight is 513 g/mol. The molecule has 0 bridgehead atoms. The predicted molar refractivity (Wildman–Crippen MR) is 130 cm³/mol. The number of non-ortho nitro benzene ring substituents is 1. The normalized spacial score (nSPS) is 12.1. The largest absolute Gasteiger partial charge is 0.750 e. The number of aromatic amines is 1. The Bertz CT molecular complexity index is 1510. The van der Waals surface area contributed by atoms with Crippen LogP contribution in [0.2, 0.25) is 0 Å². The van der Waals surface area contributed by atoms with Crippen LogP contribution in [0.1, 0.15) is 23.4 Å². The van der Waals surface area contributed by atoms with Gasteiger partial charge in [0.2, 0.25) is 0 Å². The van der Waals surface area contributed by atoms with Gasteiger partial charge in [0, 0.05) is 31.6 Å². The summed E-state index contributed by atoms with van der Waals surface area (Å²) >= 11 is -2.69. The Morgan fingerprint density at radius 1 is 1.00 bits per heavy atom. The molecule has 0 amide bonds. The molecule has 12 nitrogen and oxygen atoms in total. The van der Waals surface area contributed by atoms with Crippen LogP contribution in [0.3, 0.4) is 0 Å². The van der Waals surface area contributed by atoms with E-state index >= 15 is 0 Å². The first-order valence-corrected chi connectivity index (χ1v) is 12.1. The number of hydrogen-bond donors (Lipinski definition) is 1. The molecule has 0 aliphatic carbocycles. The molecule has 0 spiro atoms. The molecule has 2 aromatic heterocycles. The van der Waals surface area contributed by atoms with Gasteiger partial charge in [-0.2, -0.15) is 0 Å². The van der Waals surface area contributed by atoms with Gasteiger partial charge in [-0.05, 0) is 24.0 Å². The van der Waals surface area contributed by atoms with Crippen LogP contribution in [0.25, 0.3) is 11.2 Å². The van der Waals surface area contributed by atoms with E-state index in [0.29, 0.717) is 18.7 Å². The summed E-state index contributed by atoms with van der Waals surface area (Å²) in [5, 5.41) is 10.9. The van der Waals surface area contributed by atoms with Gasteiger partial charge in [0.25, 0.3) is 11.2 Å². The highest BCUT2D eigenvalue weighted by molar-refractivity contribution is 7.74. The second kappa shape index (κ2) is 11.2. The third-order valence-corrected chi connectivity index (χ3v) is 5.96. The molecule has 0 radical (unpaired) electrons. The SMILES string of the molecule is O=c1c2[nH]c(Cc3ccccc3)nc2n(CCc2ccc([N+](=O)[O-])cc2)c(=O)n1CCCOS(=O)[O-]. The summed E-state index contributed by atoms with van der Waals surface area (Å²) in [7, 11) is 0. The second-order valence-corrected chi connectivity index (χ2v) is 8.63. The molecule has 0 fully saturated rings. The van der Waals surface area contributed by atoms with Crippen molar-refractivity contribution in [3.63, 3.8) is 0 Å². The Morgan fingerprint density at radius 2 is 1.72 bits per heavy atom. The fourth-order valence-electron chi connectivity index (χ4n) is 3.86. The molecule has 0 saturated heterocycles. The number of H-pyrrole nitrogens is 1. The molecule has 2 heterocycles. The molecule has 36 heavy (non-hydrogen) atoms. The van der Waals surface area contributed by atoms with Crippen molar-refractivity contribution in [3.8, 4) is 0 Å². The van der Waals surface area contributed by atoms with Crippen LogP contribution < -0.4 is 11.2 Å². The number of hydrogen-bond acceptors (Lipinski definition) is 8. The van der Waals surface area contributed by atoms with Crippen LogP contribution >= 0.6 is 0 Å². The van der Waals surface area contributed by atoms with Crippen molar-refractivity contribution >= 4 is 28.2 Å². The van der Waals surface area contributed by atoms with Gasteiger partial charge in [0.15, 0.2) is 5.65 Å². The summed E-state index contributed by atoms with van der Waals surface area (Å²) in [6.07, 6.45) is 0.918. The highest BCUT2D eigenvalue weighted by Gasteiger charge is 2.18. The van der Waals surface area contributed by atoms with E-state index in [1.807, 2.05) is 30.3 Å². The van der Waals surface area contributed by atoms with E-state index in [1.165, 1.54) is 16.7 Å². The highest BCUT2D eigenvalue weighted by atomic mass is 32.2. The number of imidazole rings is 1. The fourth-order valence-corrected chi connectivity index (χ4v) is 4.11. The van der Waals surface area contributed by atoms with Gasteiger partial charge in [-0.1, -0.05) is 42.5 Å². The summed E-state index contributed by atoms with van der Waals surface area (Å²) in [6.45, 7) is -0.0510. The van der Waals surface area contributed by atoms with Crippen LogP contribution in [-0.4, -0.2) is 39.4 Å². The predicted octanol–water partition coefficient (Wildman–Crippen LogP) is 1.83. The maximum absolute atomic E-state index is 13.3. The number of aryl methyl sites for hydroxylation is 2. The van der Waals surface area contributed by atoms with Crippen molar-refractivity contribution in [1.29, 1.82) is 0 Å². The quantitative estimate of drug-likeness (QED) is 0.138. The van der Waals surface area contributed by atoms with Crippen LogP contribution in [0.5, 0.6) is 0 Å². The Labute approximate surface area is 206 Å². The van der Waals surface area contributed by atoms with E-state index in [-0.39, 0.29) is 43.0 Å². The minimum absolute atomic E-state index is 0.0362. The molecule has 4 rings (SSSR count). The van der Waals surface area contributed by atoms with E-state index in [4.69, 9.17) is 0 Å². The number of nitrogens with zero attached hydrogens (tertiary/aromatic N) is 4. The molecule has 1 unspecified atom stereocenters. The van der Waals surface area contributed by atoms with Crippen molar-refractivity contribution in [2.75, 3.05) is 6.61 Å². The number of fused-ring (bicyclic) bond motifs is 1. The zero-order valence-corrected chi connectivity index (χ0v) is 19.8. The molecule has 2 aromatic carbocycles. The van der Waals surface area contributed by atoms with Gasteiger partial charge >= 0.3 is 5.69 Å². The number of benzene rings is 2. The first-order valence-electron chi connectivity index (χ1n) is 11.1. The summed E-state index contributed by atoms with van der Waals surface area (Å²) in [6, 6.07) is 15.5.